The van der Waals surface area contributed by atoms with Crippen LogP contribution < -0.4 is 4.90 Å². The molecule has 3 rings (SSSR count). The van der Waals surface area contributed by atoms with Crippen LogP contribution in [0.4, 0.5) is 5.69 Å². The zero-order valence-electron chi connectivity index (χ0n) is 12.3. The summed E-state index contributed by atoms with van der Waals surface area (Å²) in [6.45, 7) is 2.36. The molecule has 2 aliphatic rings. The van der Waals surface area contributed by atoms with E-state index in [1.54, 1.807) is 29.0 Å². The highest BCUT2D eigenvalue weighted by atomic mass is 32.2. The lowest BCUT2D eigenvalue weighted by molar-refractivity contribution is -0.117. The maximum Gasteiger partial charge on any atom is 0.229 e. The lowest BCUT2D eigenvalue weighted by atomic mass is 10.1. The smallest absolute Gasteiger partial charge is 0.229 e. The summed E-state index contributed by atoms with van der Waals surface area (Å²) in [5.41, 5.74) is 0.754. The summed E-state index contributed by atoms with van der Waals surface area (Å²) in [6.07, 6.45) is 5.00. The van der Waals surface area contributed by atoms with Gasteiger partial charge >= 0.3 is 0 Å². The molecule has 3 heterocycles. The topological polar surface area (TPSA) is 75.5 Å². The van der Waals surface area contributed by atoms with Gasteiger partial charge in [-0.15, -0.1) is 0 Å². The molecule has 1 aromatic heterocycles. The summed E-state index contributed by atoms with van der Waals surface area (Å²) in [5.74, 6) is 0.131. The van der Waals surface area contributed by atoms with Gasteiger partial charge < -0.3 is 4.90 Å². The van der Waals surface area contributed by atoms with E-state index in [1.807, 2.05) is 6.92 Å². The van der Waals surface area contributed by atoms with E-state index in [0.717, 1.165) is 5.69 Å². The number of aryl methyl sites for hydroxylation is 1. The first-order valence-corrected chi connectivity index (χ1v) is 8.85. The zero-order chi connectivity index (χ0) is 15.2. The van der Waals surface area contributed by atoms with Gasteiger partial charge in [0.2, 0.25) is 15.9 Å². The Kier molecular flexibility index (Phi) is 3.53. The molecule has 8 heteroatoms. The second-order valence-electron chi connectivity index (χ2n) is 5.69. The molecule has 1 amide bonds. The van der Waals surface area contributed by atoms with Crippen molar-refractivity contribution in [2.24, 2.45) is 7.05 Å². The van der Waals surface area contributed by atoms with Gasteiger partial charge in [0.15, 0.2) is 0 Å². The average Bonchev–Trinajstić information content (AvgIpc) is 3.04. The lowest BCUT2D eigenvalue weighted by Crippen LogP contribution is -2.40. The number of fused-ring (bicyclic) bond motifs is 1. The van der Waals surface area contributed by atoms with Crippen molar-refractivity contribution in [1.82, 2.24) is 14.1 Å². The van der Waals surface area contributed by atoms with Crippen LogP contribution in [0.15, 0.2) is 12.4 Å². The molecule has 0 aromatic carbocycles. The molecule has 0 spiro atoms. The molecule has 1 aromatic rings. The maximum absolute atomic E-state index is 12.3. The number of carbonyl (C=O) groups excluding carboxylic acids is 1. The first-order valence-electron chi connectivity index (χ1n) is 7.24. The van der Waals surface area contributed by atoms with Crippen molar-refractivity contribution >= 4 is 21.6 Å². The van der Waals surface area contributed by atoms with E-state index in [0.29, 0.717) is 19.4 Å². The molecule has 116 valence electrons. The van der Waals surface area contributed by atoms with Crippen molar-refractivity contribution in [2.75, 3.05) is 17.2 Å². The molecule has 0 aliphatic carbocycles. The molecule has 21 heavy (non-hydrogen) atoms. The van der Waals surface area contributed by atoms with Crippen molar-refractivity contribution in [1.29, 1.82) is 0 Å². The van der Waals surface area contributed by atoms with Crippen molar-refractivity contribution in [2.45, 2.75) is 38.3 Å². The molecule has 0 unspecified atom stereocenters. The fraction of sp³-hybridized carbons (Fsp3) is 0.692. The van der Waals surface area contributed by atoms with Gasteiger partial charge in [-0.3, -0.25) is 9.48 Å². The quantitative estimate of drug-likeness (QED) is 0.803. The highest BCUT2D eigenvalue weighted by molar-refractivity contribution is 7.89. The number of sulfonamides is 1. The van der Waals surface area contributed by atoms with Gasteiger partial charge in [0.25, 0.3) is 0 Å². The third-order valence-electron chi connectivity index (χ3n) is 4.23. The third-order valence-corrected chi connectivity index (χ3v) is 6.32. The van der Waals surface area contributed by atoms with Crippen LogP contribution in [0.2, 0.25) is 0 Å². The number of carbonyl (C=O) groups is 1. The second kappa shape index (κ2) is 5.10. The number of amides is 1. The Labute approximate surface area is 124 Å². The predicted octanol–water partition coefficient (Wildman–Crippen LogP) is 0.340. The normalized spacial score (nSPS) is 26.6. The molecule has 0 N–H and O–H groups in total. The van der Waals surface area contributed by atoms with Crippen molar-refractivity contribution < 1.29 is 13.2 Å². The summed E-state index contributed by atoms with van der Waals surface area (Å²) in [6, 6.07) is -0.289. The van der Waals surface area contributed by atoms with Crippen molar-refractivity contribution in [3.05, 3.63) is 12.4 Å². The zero-order valence-corrected chi connectivity index (χ0v) is 13.1. The molecule has 2 aliphatic heterocycles. The van der Waals surface area contributed by atoms with Gasteiger partial charge in [0.05, 0.1) is 29.7 Å². The highest BCUT2D eigenvalue weighted by Gasteiger charge is 2.50. The summed E-state index contributed by atoms with van der Waals surface area (Å²) in [4.78, 5) is 14.0. The molecule has 2 fully saturated rings. The van der Waals surface area contributed by atoms with Gasteiger partial charge in [0.1, 0.15) is 0 Å². The number of hydrogen-bond acceptors (Lipinski definition) is 4. The van der Waals surface area contributed by atoms with Crippen LogP contribution in [0, 0.1) is 0 Å². The molecule has 2 atom stereocenters. The highest BCUT2D eigenvalue weighted by Crippen LogP contribution is 2.37. The van der Waals surface area contributed by atoms with Crippen LogP contribution in [0.1, 0.15) is 26.2 Å². The van der Waals surface area contributed by atoms with E-state index in [1.165, 1.54) is 4.31 Å². The number of nitrogens with zero attached hydrogens (tertiary/aromatic N) is 4. The standard InChI is InChI=1S/C13H20N4O3S/c1-3-6-21(19,20)16-5-4-11-12(16)7-13(18)17(11)10-8-14-15(2)9-10/h8-9,11-12H,3-7H2,1-2H3/t11-,12+/m1/s1. The fourth-order valence-electron chi connectivity index (χ4n) is 3.40. The monoisotopic (exact) mass is 312 g/mol. The predicted molar refractivity (Wildman–Crippen MR) is 78.3 cm³/mol. The average molecular weight is 312 g/mol. The Balaban J connectivity index is 1.87. The van der Waals surface area contributed by atoms with Crippen LogP contribution >= 0.6 is 0 Å². The number of hydrogen-bond donors (Lipinski definition) is 0. The summed E-state index contributed by atoms with van der Waals surface area (Å²) >= 11 is 0. The summed E-state index contributed by atoms with van der Waals surface area (Å²) in [7, 11) is -1.45. The number of aromatic nitrogens is 2. The molecular formula is C13H20N4O3S. The second-order valence-corrected chi connectivity index (χ2v) is 7.73. The largest absolute Gasteiger partial charge is 0.305 e. The number of rotatable bonds is 4. The van der Waals surface area contributed by atoms with Crippen LogP contribution in [-0.2, 0) is 21.9 Å². The number of anilines is 1. The SMILES string of the molecule is CCCS(=O)(=O)N1CC[C@@H]2[C@@H]1CC(=O)N2c1cnn(C)c1. The summed E-state index contributed by atoms with van der Waals surface area (Å²) in [5, 5.41) is 4.10. The Hall–Kier alpha value is -1.41. The molecule has 0 radical (unpaired) electrons. The molecule has 7 nitrogen and oxygen atoms in total. The van der Waals surface area contributed by atoms with E-state index in [4.69, 9.17) is 0 Å². The molecule has 0 saturated carbocycles. The molecular weight excluding hydrogens is 292 g/mol. The minimum Gasteiger partial charge on any atom is -0.305 e. The van der Waals surface area contributed by atoms with E-state index in [9.17, 15) is 13.2 Å². The van der Waals surface area contributed by atoms with Crippen LogP contribution in [0.25, 0.3) is 0 Å². The Bertz CT molecular complexity index is 654. The van der Waals surface area contributed by atoms with Crippen molar-refractivity contribution in [3.63, 3.8) is 0 Å². The van der Waals surface area contributed by atoms with Crippen molar-refractivity contribution in [3.8, 4) is 0 Å². The molecule has 2 saturated heterocycles. The minimum atomic E-state index is -3.25. The van der Waals surface area contributed by atoms with E-state index >= 15 is 0 Å². The van der Waals surface area contributed by atoms with Crippen LogP contribution in [0.3, 0.4) is 0 Å². The Morgan fingerprint density at radius 1 is 1.38 bits per heavy atom. The summed E-state index contributed by atoms with van der Waals surface area (Å²) < 4.78 is 27.8. The lowest BCUT2D eigenvalue weighted by Gasteiger charge is -2.24. The van der Waals surface area contributed by atoms with Gasteiger partial charge in [-0.05, 0) is 12.8 Å². The van der Waals surface area contributed by atoms with Gasteiger partial charge in [-0.1, -0.05) is 6.92 Å². The minimum absolute atomic E-state index is 0.0191. The first kappa shape index (κ1) is 14.5. The molecule has 0 bridgehead atoms. The van der Waals surface area contributed by atoms with E-state index in [2.05, 4.69) is 5.10 Å². The van der Waals surface area contributed by atoms with Crippen LogP contribution in [0.5, 0.6) is 0 Å². The van der Waals surface area contributed by atoms with Gasteiger partial charge in [0, 0.05) is 26.2 Å². The van der Waals surface area contributed by atoms with E-state index in [-0.39, 0.29) is 30.2 Å². The first-order chi connectivity index (χ1) is 9.94. The third kappa shape index (κ3) is 2.36. The fourth-order valence-corrected chi connectivity index (χ4v) is 5.16. The Morgan fingerprint density at radius 2 is 2.14 bits per heavy atom. The van der Waals surface area contributed by atoms with Gasteiger partial charge in [-0.2, -0.15) is 9.40 Å². The van der Waals surface area contributed by atoms with Gasteiger partial charge in [-0.25, -0.2) is 8.42 Å². The Morgan fingerprint density at radius 3 is 2.76 bits per heavy atom. The van der Waals surface area contributed by atoms with E-state index < -0.39 is 10.0 Å². The van der Waals surface area contributed by atoms with Crippen LogP contribution in [-0.4, -0.2) is 52.8 Å². The maximum atomic E-state index is 12.3.